The lowest BCUT2D eigenvalue weighted by atomic mass is 9.73. The van der Waals surface area contributed by atoms with Crippen LogP contribution in [0.2, 0.25) is 0 Å². The van der Waals surface area contributed by atoms with E-state index < -0.39 is 49.9 Å². The summed E-state index contributed by atoms with van der Waals surface area (Å²) in [4.78, 5) is 38.5. The van der Waals surface area contributed by atoms with Crippen LogP contribution in [0.1, 0.15) is 37.5 Å². The zero-order valence-corrected chi connectivity index (χ0v) is 17.9. The molecule has 0 bridgehead atoms. The van der Waals surface area contributed by atoms with Crippen molar-refractivity contribution in [1.82, 2.24) is 4.90 Å². The first-order valence-electron chi connectivity index (χ1n) is 8.72. The number of carboxylic acid groups (broad SMARTS) is 1. The number of hydrogen-bond acceptors (Lipinski definition) is 7. The summed E-state index contributed by atoms with van der Waals surface area (Å²) in [6.07, 6.45) is -1.40. The number of fused-ring (bicyclic) bond motifs is 1. The Hall–Kier alpha value is -2.35. The Bertz CT molecular complexity index is 1040. The van der Waals surface area contributed by atoms with Gasteiger partial charge in [0, 0.05) is 12.7 Å². The number of hydrogen-bond donors (Lipinski definition) is 4. The molecule has 0 saturated carbocycles. The number of carbonyl (C=O) groups is 3. The molecule has 1 aromatic rings. The molecular weight excluding hydrogens is 438 g/mol. The number of nitrogens with one attached hydrogen (secondary N) is 1. The lowest BCUT2D eigenvalue weighted by Gasteiger charge is -2.47. The van der Waals surface area contributed by atoms with Crippen molar-refractivity contribution in [1.29, 1.82) is 0 Å². The zero-order chi connectivity index (χ0) is 22.6. The Morgan fingerprint density at radius 2 is 2.03 bits per heavy atom. The molecule has 3 rings (SSSR count). The summed E-state index contributed by atoms with van der Waals surface area (Å²) < 4.78 is 38.2. The van der Waals surface area contributed by atoms with E-state index in [0.717, 1.165) is 7.11 Å². The fourth-order valence-corrected chi connectivity index (χ4v) is 6.51. The highest BCUT2D eigenvalue weighted by Crippen LogP contribution is 2.62. The summed E-state index contributed by atoms with van der Waals surface area (Å²) in [5.74, 6) is -2.77. The quantitative estimate of drug-likeness (QED) is 0.333. The van der Waals surface area contributed by atoms with Crippen LogP contribution in [0.25, 0.3) is 0 Å². The third-order valence-corrected chi connectivity index (χ3v) is 7.38. The maximum atomic E-state index is 12.8. The number of methoxy groups -OCH3 is 1. The predicted octanol–water partition coefficient (Wildman–Crippen LogP) is 0.438. The molecule has 13 heteroatoms. The third kappa shape index (κ3) is 3.12. The number of ether oxygens (including phenoxy) is 1. The van der Waals surface area contributed by atoms with Gasteiger partial charge in [-0.15, -0.1) is 11.8 Å². The van der Waals surface area contributed by atoms with Gasteiger partial charge in [-0.1, -0.05) is 12.1 Å². The van der Waals surface area contributed by atoms with E-state index in [9.17, 15) is 32.5 Å². The maximum Gasteiger partial charge on any atom is 0.357 e. The van der Waals surface area contributed by atoms with E-state index in [4.69, 9.17) is 10.5 Å². The van der Waals surface area contributed by atoms with E-state index in [-0.39, 0.29) is 23.2 Å². The van der Waals surface area contributed by atoms with Crippen LogP contribution < -0.4 is 10.5 Å². The second-order valence-electron chi connectivity index (χ2n) is 7.43. The molecule has 2 heterocycles. The van der Waals surface area contributed by atoms with Gasteiger partial charge in [0.1, 0.15) is 0 Å². The zero-order valence-electron chi connectivity index (χ0n) is 16.3. The fraction of sp³-hybridized carbons (Fsp3) is 0.471. The summed E-state index contributed by atoms with van der Waals surface area (Å²) in [6.45, 7) is 3.30. The Morgan fingerprint density at radius 3 is 2.50 bits per heavy atom. The number of aliphatic carboxylic acids is 1. The first kappa shape index (κ1) is 22.3. The Balaban J connectivity index is 2.41. The Kier molecular flexibility index (Phi) is 5.30. The largest absolute Gasteiger partial charge is 0.479 e. The van der Waals surface area contributed by atoms with Gasteiger partial charge < -0.3 is 20.5 Å². The van der Waals surface area contributed by atoms with Crippen LogP contribution in [0, 0.1) is 0 Å². The summed E-state index contributed by atoms with van der Waals surface area (Å²) in [5, 5.41) is 9.98. The third-order valence-electron chi connectivity index (χ3n) is 5.37. The molecule has 1 unspecified atom stereocenters. The van der Waals surface area contributed by atoms with Crippen LogP contribution in [0.3, 0.4) is 0 Å². The minimum Gasteiger partial charge on any atom is -0.479 e. The van der Waals surface area contributed by atoms with Crippen molar-refractivity contribution in [3.05, 3.63) is 29.3 Å². The van der Waals surface area contributed by atoms with Crippen LogP contribution in [0.4, 0.5) is 5.69 Å². The van der Waals surface area contributed by atoms with Crippen molar-refractivity contribution in [3.63, 3.8) is 0 Å². The van der Waals surface area contributed by atoms with E-state index in [1.165, 1.54) is 34.9 Å². The Labute approximate surface area is 176 Å². The highest BCUT2D eigenvalue weighted by Gasteiger charge is 2.71. The maximum absolute atomic E-state index is 12.8. The van der Waals surface area contributed by atoms with E-state index in [1.807, 2.05) is 4.72 Å². The fourth-order valence-electron chi connectivity index (χ4n) is 4.30. The van der Waals surface area contributed by atoms with Crippen LogP contribution in [0.5, 0.6) is 0 Å². The van der Waals surface area contributed by atoms with Crippen LogP contribution >= 0.6 is 11.8 Å². The minimum absolute atomic E-state index is 0.0395. The normalized spacial score (nSPS) is 25.9. The van der Waals surface area contributed by atoms with Gasteiger partial charge in [-0.2, -0.15) is 8.42 Å². The van der Waals surface area contributed by atoms with Gasteiger partial charge in [0.05, 0.1) is 22.2 Å². The van der Waals surface area contributed by atoms with Crippen molar-refractivity contribution in [2.45, 2.75) is 42.0 Å². The van der Waals surface area contributed by atoms with Gasteiger partial charge in [-0.05, 0) is 25.5 Å². The summed E-state index contributed by atoms with van der Waals surface area (Å²) in [5.41, 5.74) is 2.96. The standard InChI is InChI=1S/C17H21N3O8S2/c1-16(2)17(15(23)24,20-10(21)7-11(20)29-16)8-5-4-6-9(19-30(25,26)27)12(8)13(28-3)14(18)22/h4-6,11,13,19H,7H2,1-3H3,(H2,18,22)(H,23,24)(H,25,26,27)/t11-,13?,17-/m1/s1. The lowest BCUT2D eigenvalue weighted by molar-refractivity contribution is -0.169. The lowest BCUT2D eigenvalue weighted by Crippen LogP contribution is -2.65. The highest BCUT2D eigenvalue weighted by molar-refractivity contribution is 8.01. The molecule has 164 valence electrons. The summed E-state index contributed by atoms with van der Waals surface area (Å²) >= 11 is 1.29. The monoisotopic (exact) mass is 459 g/mol. The molecule has 2 amide bonds. The molecule has 30 heavy (non-hydrogen) atoms. The minimum atomic E-state index is -4.79. The predicted molar refractivity (Wildman–Crippen MR) is 107 cm³/mol. The number of benzene rings is 1. The molecule has 0 aliphatic carbocycles. The topological polar surface area (TPSA) is 176 Å². The highest BCUT2D eigenvalue weighted by atomic mass is 32.2. The number of rotatable bonds is 7. The average molecular weight is 460 g/mol. The first-order chi connectivity index (χ1) is 13.8. The molecule has 0 aromatic heterocycles. The smallest absolute Gasteiger partial charge is 0.357 e. The van der Waals surface area contributed by atoms with Gasteiger partial charge in [0.15, 0.2) is 11.6 Å². The second kappa shape index (κ2) is 7.11. The van der Waals surface area contributed by atoms with Crippen LogP contribution in [-0.4, -0.2) is 58.0 Å². The molecule has 11 nitrogen and oxygen atoms in total. The molecule has 5 N–H and O–H groups in total. The van der Waals surface area contributed by atoms with Crippen molar-refractivity contribution in [2.75, 3.05) is 11.8 Å². The van der Waals surface area contributed by atoms with Gasteiger partial charge in [0.2, 0.25) is 5.91 Å². The Morgan fingerprint density at radius 1 is 1.40 bits per heavy atom. The summed E-state index contributed by atoms with van der Waals surface area (Å²) in [6, 6.07) is 3.95. The van der Waals surface area contributed by atoms with E-state index in [0.29, 0.717) is 0 Å². The van der Waals surface area contributed by atoms with E-state index in [1.54, 1.807) is 13.8 Å². The molecule has 2 saturated heterocycles. The van der Waals surface area contributed by atoms with Gasteiger partial charge in [0.25, 0.3) is 5.91 Å². The number of β-lactam (4-membered cyclic amide) rings is 1. The SMILES string of the molecule is COC(C(N)=O)c1c(NS(=O)(=O)O)cccc1[C@]1(C(=O)O)N2C(=O)C[C@H]2SC1(C)C. The number of anilines is 1. The van der Waals surface area contributed by atoms with Crippen molar-refractivity contribution in [3.8, 4) is 0 Å². The van der Waals surface area contributed by atoms with Crippen LogP contribution in [0.15, 0.2) is 18.2 Å². The summed E-state index contributed by atoms with van der Waals surface area (Å²) in [7, 11) is -3.65. The molecule has 3 atom stereocenters. The molecule has 1 aromatic carbocycles. The van der Waals surface area contributed by atoms with E-state index in [2.05, 4.69) is 0 Å². The molecular formula is C17H21N3O8S2. The van der Waals surface area contributed by atoms with Crippen molar-refractivity contribution < 1.29 is 37.2 Å². The van der Waals surface area contributed by atoms with Gasteiger partial charge in [-0.25, -0.2) is 4.79 Å². The first-order valence-corrected chi connectivity index (χ1v) is 11.0. The number of nitrogens with two attached hydrogens (primary N) is 1. The molecule has 0 radical (unpaired) electrons. The van der Waals surface area contributed by atoms with Crippen LogP contribution in [-0.2, 0) is 35.0 Å². The molecule has 2 aliphatic rings. The van der Waals surface area contributed by atoms with Crippen molar-refractivity contribution >= 4 is 45.5 Å². The second-order valence-corrected chi connectivity index (χ2v) is 10.4. The van der Waals surface area contributed by atoms with Gasteiger partial charge in [-0.3, -0.25) is 18.9 Å². The average Bonchev–Trinajstić information content (AvgIpc) is 2.78. The molecule has 0 spiro atoms. The van der Waals surface area contributed by atoms with Gasteiger partial charge >= 0.3 is 16.3 Å². The number of primary amides is 1. The number of thioether (sulfide) groups is 1. The van der Waals surface area contributed by atoms with E-state index >= 15 is 0 Å². The van der Waals surface area contributed by atoms with Crippen molar-refractivity contribution in [2.24, 2.45) is 5.73 Å². The molecule has 2 aliphatic heterocycles. The number of amides is 2. The molecule has 2 fully saturated rings. The number of nitrogens with zero attached hydrogens (tertiary/aromatic N) is 1. The number of carboxylic acids is 1. The number of carbonyl (C=O) groups excluding carboxylic acids is 2.